The zero-order chi connectivity index (χ0) is 54.4. The molecule has 6 nitrogen and oxygen atoms in total. The minimum atomic E-state index is -2.40. The molecule has 0 fully saturated rings. The summed E-state index contributed by atoms with van der Waals surface area (Å²) < 4.78 is 37.6. The standard InChI is InChI=1S/C70H48N5OS.Pt/c1-44-35-59(46-21-10-7-11-22-46)66(60(36-44)48-24-18-23-47(37-48)45-19-8-6-9-20-45)74-43-73(61-29-16-17-30-62(61)74)51-39-50(71-5)40-53(41-51)76-52-31-32-58-63(42-52)75(64-38-49(33-34-72-64)70(2,3)4)67-65-56-27-14-12-25-54(56)55-26-13-15-28-57(55)68(65)77-69(58)67;/h6-40,43H,1-4H3;/q-3;/i1D3;. The summed E-state index contributed by atoms with van der Waals surface area (Å²) in [6.07, 6.45) is 1.90. The van der Waals surface area contributed by atoms with Gasteiger partial charge in [-0.1, -0.05) is 171 Å². The van der Waals surface area contributed by atoms with E-state index in [0.29, 0.717) is 22.9 Å². The van der Waals surface area contributed by atoms with E-state index in [1.165, 1.54) is 31.6 Å². The van der Waals surface area contributed by atoms with E-state index in [9.17, 15) is 0 Å². The number of hydrogen-bond donors (Lipinski definition) is 0. The molecule has 378 valence electrons. The first-order valence-corrected chi connectivity index (χ1v) is 26.4. The number of aromatic nitrogens is 2. The number of ether oxygens (including phenoxy) is 1. The first kappa shape index (κ1) is 45.4. The molecule has 8 heteroatoms. The number of anilines is 4. The number of rotatable bonds is 8. The maximum Gasteiger partial charge on any atom is 0.135 e. The Morgan fingerprint density at radius 1 is 0.590 bits per heavy atom. The Hall–Kier alpha value is -8.79. The van der Waals surface area contributed by atoms with Gasteiger partial charge < -0.3 is 19.1 Å². The van der Waals surface area contributed by atoms with Crippen molar-refractivity contribution in [1.29, 1.82) is 0 Å². The molecule has 13 aromatic rings. The molecule has 0 bridgehead atoms. The molecule has 4 heterocycles. The molecular weight excluding hydrogens is 1150 g/mol. The van der Waals surface area contributed by atoms with Gasteiger partial charge in [0.15, 0.2) is 0 Å². The number of fused-ring (bicyclic) bond motifs is 11. The van der Waals surface area contributed by atoms with Crippen molar-refractivity contribution in [2.45, 2.75) is 33.0 Å². The van der Waals surface area contributed by atoms with Gasteiger partial charge in [0.1, 0.15) is 5.82 Å². The van der Waals surface area contributed by atoms with Crippen LogP contribution in [0.15, 0.2) is 212 Å². The number of nitrogens with zero attached hydrogens (tertiary/aromatic N) is 5. The van der Waals surface area contributed by atoms with Crippen LogP contribution in [0.2, 0.25) is 0 Å². The van der Waals surface area contributed by atoms with Crippen molar-refractivity contribution in [3.63, 3.8) is 0 Å². The predicted molar refractivity (Wildman–Crippen MR) is 321 cm³/mol. The summed E-state index contributed by atoms with van der Waals surface area (Å²) >= 11 is 1.80. The Balaban J connectivity index is 0.00000618. The molecule has 0 unspecified atom stereocenters. The molecule has 0 radical (unpaired) electrons. The van der Waals surface area contributed by atoms with Crippen molar-refractivity contribution < 1.29 is 29.9 Å². The monoisotopic (exact) mass is 1200 g/mol. The SMILES string of the molecule is [2H]C([2H])([2H])c1cc(-c2ccccc2)c(N2[CH-]N(c3[c-]c(Oc4[c-]c5c(cc4)c4sc6c7ccccc7c7ccccc7c6c4n5-c4cc(C(C)(C)C)ccn4)cc([N+]#[C-])c3)c3ccccc32)c(-c2cccc(-c3ccccc3)c2)c1.[Pt]. The molecule has 0 spiro atoms. The average molecular weight is 1210 g/mol. The van der Waals surface area contributed by atoms with Crippen LogP contribution in [0.5, 0.6) is 11.5 Å². The van der Waals surface area contributed by atoms with Crippen LogP contribution in [0.1, 0.15) is 36.0 Å². The number of para-hydroxylation sites is 2. The van der Waals surface area contributed by atoms with E-state index in [2.05, 4.69) is 144 Å². The number of pyridine rings is 1. The molecule has 78 heavy (non-hydrogen) atoms. The van der Waals surface area contributed by atoms with Gasteiger partial charge in [-0.15, -0.1) is 54.0 Å². The Morgan fingerprint density at radius 2 is 1.23 bits per heavy atom. The molecular formula is C70H48N5OPtS-3. The van der Waals surface area contributed by atoms with E-state index in [4.69, 9.17) is 20.4 Å². The molecule has 0 aliphatic carbocycles. The van der Waals surface area contributed by atoms with E-state index in [1.54, 1.807) is 23.5 Å². The van der Waals surface area contributed by atoms with Crippen LogP contribution < -0.4 is 14.5 Å². The Bertz CT molecular complexity index is 4670. The van der Waals surface area contributed by atoms with Gasteiger partial charge >= 0.3 is 0 Å². The molecule has 0 saturated carbocycles. The van der Waals surface area contributed by atoms with Gasteiger partial charge in [-0.25, -0.2) is 4.98 Å². The summed E-state index contributed by atoms with van der Waals surface area (Å²) in [5, 5.41) is 7.01. The van der Waals surface area contributed by atoms with Crippen molar-refractivity contribution in [1.82, 2.24) is 9.55 Å². The van der Waals surface area contributed by atoms with Gasteiger partial charge in [-0.2, -0.15) is 6.07 Å². The van der Waals surface area contributed by atoms with Gasteiger partial charge in [-0.05, 0) is 104 Å². The minimum absolute atomic E-state index is 0. The van der Waals surface area contributed by atoms with Crippen LogP contribution in [0.25, 0.3) is 96.8 Å². The molecule has 10 aromatic carbocycles. The van der Waals surface area contributed by atoms with Gasteiger partial charge in [0.05, 0.1) is 17.8 Å². The molecule has 0 N–H and O–H groups in total. The van der Waals surface area contributed by atoms with Gasteiger partial charge in [-0.3, -0.25) is 4.85 Å². The van der Waals surface area contributed by atoms with E-state index in [0.717, 1.165) is 82.9 Å². The minimum Gasteiger partial charge on any atom is -0.510 e. The Labute approximate surface area is 476 Å². The predicted octanol–water partition coefficient (Wildman–Crippen LogP) is 19.7. The summed E-state index contributed by atoms with van der Waals surface area (Å²) in [6.45, 7) is 14.6. The molecule has 3 aromatic heterocycles. The van der Waals surface area contributed by atoms with E-state index >= 15 is 0 Å². The first-order valence-electron chi connectivity index (χ1n) is 27.1. The third-order valence-electron chi connectivity index (χ3n) is 14.7. The molecule has 1 aliphatic rings. The van der Waals surface area contributed by atoms with Crippen LogP contribution in [-0.4, -0.2) is 9.55 Å². The largest absolute Gasteiger partial charge is 0.510 e. The summed E-state index contributed by atoms with van der Waals surface area (Å²) in [5.41, 5.74) is 11.9. The zero-order valence-electron chi connectivity index (χ0n) is 45.7. The molecule has 0 amide bonds. The van der Waals surface area contributed by atoms with Crippen LogP contribution in [-0.2, 0) is 26.5 Å². The first-order chi connectivity index (χ1) is 38.9. The van der Waals surface area contributed by atoms with Crippen LogP contribution in [0.3, 0.4) is 0 Å². The second-order valence-corrected chi connectivity index (χ2v) is 21.5. The van der Waals surface area contributed by atoms with E-state index in [-0.39, 0.29) is 32.0 Å². The molecule has 0 atom stereocenters. The van der Waals surface area contributed by atoms with Crippen molar-refractivity contribution in [2.75, 3.05) is 9.80 Å². The second-order valence-electron chi connectivity index (χ2n) is 20.5. The maximum absolute atomic E-state index is 8.72. The summed E-state index contributed by atoms with van der Waals surface area (Å²) in [4.78, 5) is 13.2. The van der Waals surface area contributed by atoms with Gasteiger partial charge in [0.2, 0.25) is 0 Å². The molecule has 14 rings (SSSR count). The van der Waals surface area contributed by atoms with Crippen molar-refractivity contribution in [3.05, 3.63) is 254 Å². The summed E-state index contributed by atoms with van der Waals surface area (Å²) in [5.74, 6) is 1.58. The Kier molecular flexibility index (Phi) is 11.3. The number of hydrogen-bond acceptors (Lipinski definition) is 5. The van der Waals surface area contributed by atoms with Gasteiger partial charge in [0.25, 0.3) is 0 Å². The fourth-order valence-corrected chi connectivity index (χ4v) is 12.5. The number of aryl methyl sites for hydroxylation is 1. The van der Waals surface area contributed by atoms with Crippen molar-refractivity contribution in [2.24, 2.45) is 0 Å². The van der Waals surface area contributed by atoms with Crippen molar-refractivity contribution >= 4 is 92.5 Å². The van der Waals surface area contributed by atoms with Crippen molar-refractivity contribution in [3.8, 4) is 50.7 Å². The third kappa shape index (κ3) is 8.23. The smallest absolute Gasteiger partial charge is 0.135 e. The van der Waals surface area contributed by atoms with E-state index < -0.39 is 6.85 Å². The number of benzene rings is 10. The van der Waals surface area contributed by atoms with Crippen LogP contribution >= 0.6 is 11.3 Å². The topological polar surface area (TPSA) is 37.9 Å². The number of thiophene rings is 1. The molecule has 1 aliphatic heterocycles. The fraction of sp³-hybridized carbons (Fsp3) is 0.0714. The molecule has 0 saturated heterocycles. The normalized spacial score (nSPS) is 13.1. The average Bonchev–Trinajstić information content (AvgIpc) is 4.32. The van der Waals surface area contributed by atoms with Gasteiger partial charge in [0, 0.05) is 91.2 Å². The summed E-state index contributed by atoms with van der Waals surface area (Å²) in [7, 11) is 0. The summed E-state index contributed by atoms with van der Waals surface area (Å²) in [6, 6.07) is 76.6. The quantitative estimate of drug-likeness (QED) is 0.112. The van der Waals surface area contributed by atoms with Crippen LogP contribution in [0.4, 0.5) is 28.4 Å². The second kappa shape index (κ2) is 19.3. The van der Waals surface area contributed by atoms with Crippen LogP contribution in [0, 0.1) is 32.2 Å². The van der Waals surface area contributed by atoms with E-state index in [1.807, 2.05) is 115 Å². The zero-order valence-corrected chi connectivity index (χ0v) is 45.7. The Morgan fingerprint density at radius 3 is 1.96 bits per heavy atom. The fourth-order valence-electron chi connectivity index (χ4n) is 11.2. The maximum atomic E-state index is 8.72. The third-order valence-corrected chi connectivity index (χ3v) is 16.0.